The lowest BCUT2D eigenvalue weighted by Crippen LogP contribution is -2.24. The Bertz CT molecular complexity index is 2080. The van der Waals surface area contributed by atoms with Gasteiger partial charge in [0, 0.05) is 12.4 Å². The van der Waals surface area contributed by atoms with Crippen molar-refractivity contribution in [1.29, 1.82) is 10.5 Å². The topological polar surface area (TPSA) is 81.1 Å². The largest absolute Gasteiger partial charge is 0.433 e. The summed E-state index contributed by atoms with van der Waals surface area (Å²) in [6, 6.07) is 8.27. The van der Waals surface area contributed by atoms with E-state index in [1.54, 1.807) is 0 Å². The highest BCUT2D eigenvalue weighted by molar-refractivity contribution is 5.70. The van der Waals surface area contributed by atoms with Crippen molar-refractivity contribution in [2.45, 2.75) is 24.7 Å². The number of aromatic nitrogens is 2. The Morgan fingerprint density at radius 3 is 1.15 bits per heavy atom. The zero-order valence-corrected chi connectivity index (χ0v) is 22.0. The van der Waals surface area contributed by atoms with E-state index in [4.69, 9.17) is 0 Å². The molecule has 0 atom stereocenters. The van der Waals surface area contributed by atoms with Gasteiger partial charge in [0.2, 0.25) is 0 Å². The predicted molar refractivity (Wildman–Crippen MR) is 132 cm³/mol. The van der Waals surface area contributed by atoms with Crippen molar-refractivity contribution in [3.63, 3.8) is 0 Å². The van der Waals surface area contributed by atoms with Crippen molar-refractivity contribution in [2.24, 2.45) is 9.98 Å². The molecule has 0 saturated carbocycles. The second kappa shape index (κ2) is 10.5. The van der Waals surface area contributed by atoms with Crippen LogP contribution in [0.4, 0.5) is 64.1 Å². The first-order valence-corrected chi connectivity index (χ1v) is 12.2. The van der Waals surface area contributed by atoms with E-state index in [1.165, 1.54) is 12.1 Å². The number of hydrogen-bond acceptors (Lipinski definition) is 4. The van der Waals surface area contributed by atoms with Gasteiger partial charge in [-0.25, -0.2) is 9.98 Å². The fourth-order valence-corrected chi connectivity index (χ4v) is 4.72. The molecule has 2 aromatic carbocycles. The molecule has 6 nitrogen and oxygen atoms in total. The normalized spacial score (nSPS) is 13.9. The Balaban J connectivity index is 2.04. The van der Waals surface area contributed by atoms with E-state index in [2.05, 4.69) is 9.98 Å². The van der Waals surface area contributed by atoms with Crippen LogP contribution in [0.3, 0.4) is 0 Å². The summed E-state index contributed by atoms with van der Waals surface area (Å²) in [5, 5.41) is 17.2. The first-order valence-electron chi connectivity index (χ1n) is 12.2. The van der Waals surface area contributed by atoms with Crippen molar-refractivity contribution < 1.29 is 52.7 Å². The third-order valence-electron chi connectivity index (χ3n) is 6.49. The molecule has 0 aliphatic heterocycles. The molecule has 0 spiro atoms. The van der Waals surface area contributed by atoms with Crippen molar-refractivity contribution in [3.05, 3.63) is 105 Å². The highest BCUT2D eigenvalue weighted by Gasteiger charge is 2.44. The summed E-state index contributed by atoms with van der Waals surface area (Å²) in [7, 11) is 0. The minimum atomic E-state index is -5.58. The lowest BCUT2D eigenvalue weighted by Gasteiger charge is -2.18. The molecule has 3 aromatic heterocycles. The van der Waals surface area contributed by atoms with E-state index in [1.807, 2.05) is 0 Å². The molecule has 0 aliphatic rings. The zero-order chi connectivity index (χ0) is 34.0. The third kappa shape index (κ3) is 5.57. The number of benzene rings is 2. The van der Waals surface area contributed by atoms with Gasteiger partial charge in [-0.05, 0) is 36.4 Å². The molecule has 46 heavy (non-hydrogen) atoms. The highest BCUT2D eigenvalue weighted by Crippen LogP contribution is 2.40. The average molecular weight is 658 g/mol. The lowest BCUT2D eigenvalue weighted by molar-refractivity contribution is -0.145. The third-order valence-corrected chi connectivity index (χ3v) is 6.49. The number of nitrogens with zero attached hydrogens (tertiary/aromatic N) is 6. The van der Waals surface area contributed by atoms with Crippen molar-refractivity contribution in [2.75, 3.05) is 0 Å². The fraction of sp³-hybridized carbons (Fsp3) is 0.143. The van der Waals surface area contributed by atoms with E-state index in [-0.39, 0.29) is 8.80 Å². The second-order valence-corrected chi connectivity index (χ2v) is 9.46. The fourth-order valence-electron chi connectivity index (χ4n) is 4.72. The van der Waals surface area contributed by atoms with Crippen molar-refractivity contribution >= 4 is 22.4 Å². The number of halogens is 12. The van der Waals surface area contributed by atoms with Gasteiger partial charge in [0.25, 0.3) is 0 Å². The molecule has 5 rings (SSSR count). The van der Waals surface area contributed by atoms with Crippen LogP contribution >= 0.6 is 0 Å². The van der Waals surface area contributed by atoms with Crippen LogP contribution in [0, 0.1) is 22.7 Å². The van der Waals surface area contributed by atoms with Crippen LogP contribution in [0.15, 0.2) is 70.9 Å². The molecule has 236 valence electrons. The average Bonchev–Trinajstić information content (AvgIpc) is 3.47. The Kier molecular flexibility index (Phi) is 7.31. The maximum Gasteiger partial charge on any atom is 0.433 e. The van der Waals surface area contributed by atoms with Gasteiger partial charge in [-0.15, -0.1) is 0 Å². The van der Waals surface area contributed by atoms with Gasteiger partial charge in [-0.1, -0.05) is 12.1 Å². The number of hydrogen-bond donors (Lipinski definition) is 0. The Morgan fingerprint density at radius 1 is 0.522 bits per heavy atom. The maximum atomic E-state index is 14.8. The summed E-state index contributed by atoms with van der Waals surface area (Å²) in [6.07, 6.45) is -20.4. The van der Waals surface area contributed by atoms with Gasteiger partial charge in [0.15, 0.2) is 11.4 Å². The molecule has 0 amide bonds. The van der Waals surface area contributed by atoms with Crippen LogP contribution in [-0.4, -0.2) is 8.80 Å². The molecule has 0 unspecified atom stereocenters. The molecule has 3 heterocycles. The summed E-state index contributed by atoms with van der Waals surface area (Å²) < 4.78 is 168. The quantitative estimate of drug-likeness (QED) is 0.181. The Labute approximate surface area is 247 Å². The summed E-state index contributed by atoms with van der Waals surface area (Å²) in [5.74, 6) is 0. The van der Waals surface area contributed by atoms with Gasteiger partial charge in [0.1, 0.15) is 33.9 Å². The van der Waals surface area contributed by atoms with Crippen molar-refractivity contribution in [3.8, 4) is 12.1 Å². The van der Waals surface area contributed by atoms with Crippen LogP contribution in [0.25, 0.3) is 11.0 Å². The molecule has 0 N–H and O–H groups in total. The molecule has 5 aromatic rings. The lowest BCUT2D eigenvalue weighted by atomic mass is 10.2. The number of alkyl halides is 12. The van der Waals surface area contributed by atoms with Crippen LogP contribution in [0.1, 0.15) is 33.6 Å². The maximum absolute atomic E-state index is 14.8. The van der Waals surface area contributed by atoms with Gasteiger partial charge < -0.3 is 8.80 Å². The van der Waals surface area contributed by atoms with Gasteiger partial charge >= 0.3 is 24.7 Å². The first kappa shape index (κ1) is 31.9. The van der Waals surface area contributed by atoms with E-state index in [0.29, 0.717) is 36.7 Å². The van der Waals surface area contributed by atoms with E-state index < -0.39 is 91.5 Å². The molecule has 0 radical (unpaired) electrons. The standard InChI is InChI=1S/C28H10F12N6/c29-25(30,31)15-3-1-5-17(7-15)43-19-13(9-41)11-45-21(19)23(27(35,36)37)46-12-14(10-42)20(22(46)24(45)28(38,39)40)44-18-6-2-4-16(8-18)26(32,33)34/h1-8,11-12H. The summed E-state index contributed by atoms with van der Waals surface area (Å²) in [4.78, 5) is 7.42. The Hall–Kier alpha value is -5.52. The van der Waals surface area contributed by atoms with Gasteiger partial charge in [0.05, 0.1) is 33.6 Å². The first-order chi connectivity index (χ1) is 21.3. The molecule has 0 saturated heterocycles. The number of fused-ring (bicyclic) bond motifs is 2. The second-order valence-electron chi connectivity index (χ2n) is 9.46. The smallest absolute Gasteiger partial charge is 0.306 e. The SMILES string of the molecule is N#Cc1cn2c(C(F)(F)F)c3c(=Nc4cccc(C(F)(F)F)c4)c(C#N)cn3c(C(F)(F)F)c2c1=Nc1cccc(C(F)(F)F)c1. The molecule has 0 aliphatic carbocycles. The molecule has 0 fully saturated rings. The molecule has 18 heteroatoms. The molecule has 0 bridgehead atoms. The summed E-state index contributed by atoms with van der Waals surface area (Å²) in [6.45, 7) is 0. The van der Waals surface area contributed by atoms with Crippen LogP contribution in [-0.2, 0) is 24.7 Å². The molecular formula is C28H10F12N6. The van der Waals surface area contributed by atoms with E-state index in [0.717, 1.165) is 24.3 Å². The minimum absolute atomic E-state index is 0.102. The summed E-state index contributed by atoms with van der Waals surface area (Å²) >= 11 is 0. The Morgan fingerprint density at radius 2 is 0.870 bits per heavy atom. The number of nitriles is 2. The monoisotopic (exact) mass is 658 g/mol. The van der Waals surface area contributed by atoms with Gasteiger partial charge in [-0.2, -0.15) is 63.2 Å². The minimum Gasteiger partial charge on any atom is -0.306 e. The van der Waals surface area contributed by atoms with Crippen LogP contribution < -0.4 is 10.7 Å². The highest BCUT2D eigenvalue weighted by atomic mass is 19.4. The van der Waals surface area contributed by atoms with Crippen molar-refractivity contribution in [1.82, 2.24) is 8.80 Å². The zero-order valence-electron chi connectivity index (χ0n) is 22.0. The van der Waals surface area contributed by atoms with Crippen LogP contribution in [0.2, 0.25) is 0 Å². The number of rotatable bonds is 2. The van der Waals surface area contributed by atoms with Crippen LogP contribution in [0.5, 0.6) is 0 Å². The predicted octanol–water partition coefficient (Wildman–Crippen LogP) is 7.91. The van der Waals surface area contributed by atoms with E-state index >= 15 is 0 Å². The van der Waals surface area contributed by atoms with Gasteiger partial charge in [-0.3, -0.25) is 0 Å². The van der Waals surface area contributed by atoms with E-state index in [9.17, 15) is 63.2 Å². The summed E-state index contributed by atoms with van der Waals surface area (Å²) in [5.41, 5.74) is -12.4. The molecular weight excluding hydrogens is 648 g/mol.